The number of hydrogen-bond donors (Lipinski definition) is 1. The summed E-state index contributed by atoms with van der Waals surface area (Å²) in [7, 11) is -4.06. The molecule has 0 saturated heterocycles. The summed E-state index contributed by atoms with van der Waals surface area (Å²) in [6.07, 6.45) is -5.94. The van der Waals surface area contributed by atoms with Crippen LogP contribution in [0, 0.1) is 0 Å². The third-order valence-electron chi connectivity index (χ3n) is 4.81. The molecule has 200 valence electrons. The van der Waals surface area contributed by atoms with Crippen molar-refractivity contribution in [2.24, 2.45) is 0 Å². The first-order valence-electron chi connectivity index (χ1n) is 10.5. The molecule has 0 aliphatic rings. The molecule has 1 unspecified atom stereocenters. The number of likely N-dealkylation sites (N-methyl/N-ethyl adjacent to an activating group) is 1. The van der Waals surface area contributed by atoms with Crippen molar-refractivity contribution in [3.63, 3.8) is 0 Å². The highest BCUT2D eigenvalue weighted by atomic mass is 32.2. The molecule has 2 rings (SSSR count). The summed E-state index contributed by atoms with van der Waals surface area (Å²) < 4.78 is 101. The fourth-order valence-corrected chi connectivity index (χ4v) is 5.16. The van der Waals surface area contributed by atoms with Gasteiger partial charge in [0.15, 0.2) is 0 Å². The SMILES string of the molecule is C[N+](C)(C)C(OS(C)(=O)=O)[C@@H](CC(=O)OCc1ccccc1)NS(=O)(=O)c1ccc(C(F)(F)F)cc1. The van der Waals surface area contributed by atoms with E-state index in [1.165, 1.54) is 21.1 Å². The highest BCUT2D eigenvalue weighted by Gasteiger charge is 2.41. The maximum Gasteiger partial charge on any atom is 0.416 e. The fraction of sp³-hybridized carbons (Fsp3) is 0.409. The number of nitrogens with zero attached hydrogens (tertiary/aromatic N) is 1. The zero-order chi connectivity index (χ0) is 27.4. The Morgan fingerprint density at radius 2 is 1.53 bits per heavy atom. The van der Waals surface area contributed by atoms with Gasteiger partial charge in [-0.05, 0) is 29.8 Å². The van der Waals surface area contributed by atoms with Crippen LogP contribution in [0.2, 0.25) is 0 Å². The molecule has 2 aromatic carbocycles. The number of esters is 1. The average Bonchev–Trinajstić information content (AvgIpc) is 2.74. The van der Waals surface area contributed by atoms with E-state index in [4.69, 9.17) is 8.92 Å². The van der Waals surface area contributed by atoms with E-state index in [2.05, 4.69) is 4.72 Å². The van der Waals surface area contributed by atoms with Gasteiger partial charge in [0.25, 0.3) is 10.1 Å². The Kier molecular flexibility index (Phi) is 9.29. The van der Waals surface area contributed by atoms with Crippen LogP contribution in [0.1, 0.15) is 17.5 Å². The summed E-state index contributed by atoms with van der Waals surface area (Å²) >= 11 is 0. The van der Waals surface area contributed by atoms with E-state index < -0.39 is 61.4 Å². The Morgan fingerprint density at radius 3 is 2.00 bits per heavy atom. The standard InChI is InChI=1S/C22H28F3N2O7S2/c1-27(2,3)21(34-35(4,29)30)19(14-20(28)33-15-16-8-6-5-7-9-16)26-36(31,32)18-12-10-17(11-13-18)22(23,24)25/h5-13,19,21,26H,14-15H2,1-4H3/q+1/t19-,21?/m1/s1. The van der Waals surface area contributed by atoms with Crippen LogP contribution in [-0.2, 0) is 46.6 Å². The first-order chi connectivity index (χ1) is 16.4. The Morgan fingerprint density at radius 1 is 0.972 bits per heavy atom. The van der Waals surface area contributed by atoms with Gasteiger partial charge in [0.05, 0.1) is 44.3 Å². The summed E-state index contributed by atoms with van der Waals surface area (Å²) in [5.41, 5.74) is -0.379. The van der Waals surface area contributed by atoms with Crippen LogP contribution in [0.3, 0.4) is 0 Å². The molecular weight excluding hydrogens is 525 g/mol. The van der Waals surface area contributed by atoms with Gasteiger partial charge in [0.1, 0.15) is 12.6 Å². The average molecular weight is 554 g/mol. The van der Waals surface area contributed by atoms with Crippen molar-refractivity contribution in [1.29, 1.82) is 0 Å². The molecule has 0 saturated carbocycles. The fourth-order valence-electron chi connectivity index (χ4n) is 3.18. The van der Waals surface area contributed by atoms with Gasteiger partial charge in [-0.15, -0.1) is 0 Å². The number of carbonyl (C=O) groups excluding carboxylic acids is 1. The molecule has 0 bridgehead atoms. The van der Waals surface area contributed by atoms with Crippen LogP contribution >= 0.6 is 0 Å². The molecule has 2 atom stereocenters. The minimum atomic E-state index is -4.67. The largest absolute Gasteiger partial charge is 0.461 e. The smallest absolute Gasteiger partial charge is 0.416 e. The van der Waals surface area contributed by atoms with Crippen molar-refractivity contribution in [1.82, 2.24) is 4.72 Å². The van der Waals surface area contributed by atoms with E-state index in [-0.39, 0.29) is 11.1 Å². The minimum Gasteiger partial charge on any atom is -0.461 e. The summed E-state index contributed by atoms with van der Waals surface area (Å²) in [4.78, 5) is 12.1. The third-order valence-corrected chi connectivity index (χ3v) is 6.86. The number of hydrogen-bond acceptors (Lipinski definition) is 7. The van der Waals surface area contributed by atoms with E-state index in [1.807, 2.05) is 0 Å². The normalized spacial score (nSPS) is 14.8. The number of nitrogens with one attached hydrogen (secondary N) is 1. The highest BCUT2D eigenvalue weighted by Crippen LogP contribution is 2.30. The molecule has 0 radical (unpaired) electrons. The Bertz CT molecular complexity index is 1240. The first-order valence-corrected chi connectivity index (χ1v) is 13.8. The van der Waals surface area contributed by atoms with E-state index in [0.29, 0.717) is 17.7 Å². The zero-order valence-electron chi connectivity index (χ0n) is 20.0. The number of carbonyl (C=O) groups is 1. The molecule has 9 nitrogen and oxygen atoms in total. The molecule has 36 heavy (non-hydrogen) atoms. The van der Waals surface area contributed by atoms with Gasteiger partial charge in [-0.25, -0.2) is 12.6 Å². The number of ether oxygens (including phenoxy) is 1. The maximum atomic E-state index is 13.0. The number of halogens is 3. The second-order valence-corrected chi connectivity index (χ2v) is 12.2. The van der Waals surface area contributed by atoms with Crippen molar-refractivity contribution in [2.75, 3.05) is 27.4 Å². The lowest BCUT2D eigenvalue weighted by molar-refractivity contribution is -0.916. The predicted octanol–water partition coefficient (Wildman–Crippen LogP) is 2.49. The number of alkyl halides is 3. The van der Waals surface area contributed by atoms with Crippen molar-refractivity contribution < 1.29 is 48.2 Å². The maximum absolute atomic E-state index is 13.0. The molecule has 1 N–H and O–H groups in total. The Hall–Kier alpha value is -2.52. The molecule has 0 spiro atoms. The first kappa shape index (κ1) is 29.7. The van der Waals surface area contributed by atoms with Crippen LogP contribution in [0.25, 0.3) is 0 Å². The lowest BCUT2D eigenvalue weighted by atomic mass is 10.1. The topological polar surface area (TPSA) is 116 Å². The van der Waals surface area contributed by atoms with Gasteiger partial charge in [-0.1, -0.05) is 30.3 Å². The second kappa shape index (κ2) is 11.3. The molecule has 0 aliphatic carbocycles. The van der Waals surface area contributed by atoms with Crippen molar-refractivity contribution >= 4 is 26.1 Å². The summed E-state index contributed by atoms with van der Waals surface area (Å²) in [6.45, 7) is -0.111. The lowest BCUT2D eigenvalue weighted by Crippen LogP contribution is -2.59. The molecule has 14 heteroatoms. The van der Waals surface area contributed by atoms with Crippen LogP contribution in [0.4, 0.5) is 13.2 Å². The molecule has 0 heterocycles. The van der Waals surface area contributed by atoms with Crippen LogP contribution in [-0.4, -0.2) is 67.0 Å². The van der Waals surface area contributed by atoms with Crippen molar-refractivity contribution in [3.8, 4) is 0 Å². The predicted molar refractivity (Wildman–Crippen MR) is 124 cm³/mol. The number of benzene rings is 2. The van der Waals surface area contributed by atoms with Crippen molar-refractivity contribution in [3.05, 3.63) is 65.7 Å². The van der Waals surface area contributed by atoms with E-state index in [1.54, 1.807) is 30.3 Å². The lowest BCUT2D eigenvalue weighted by Gasteiger charge is -2.37. The highest BCUT2D eigenvalue weighted by molar-refractivity contribution is 7.89. The van der Waals surface area contributed by atoms with Crippen LogP contribution in [0.5, 0.6) is 0 Å². The summed E-state index contributed by atoms with van der Waals surface area (Å²) in [5.74, 6) is -0.852. The number of sulfonamides is 1. The van der Waals surface area contributed by atoms with Crippen molar-refractivity contribution in [2.45, 2.75) is 36.4 Å². The van der Waals surface area contributed by atoms with E-state index >= 15 is 0 Å². The molecule has 0 fully saturated rings. The zero-order valence-corrected chi connectivity index (χ0v) is 21.7. The summed E-state index contributed by atoms with van der Waals surface area (Å²) in [6, 6.07) is 9.90. The van der Waals surface area contributed by atoms with E-state index in [0.717, 1.165) is 18.4 Å². The monoisotopic (exact) mass is 553 g/mol. The number of rotatable bonds is 11. The Labute approximate surface area is 208 Å². The molecular formula is C22H28F3N2O7S2+. The number of quaternary nitrogens is 1. The summed E-state index contributed by atoms with van der Waals surface area (Å²) in [5, 5.41) is 0. The van der Waals surface area contributed by atoms with Crippen LogP contribution < -0.4 is 4.72 Å². The van der Waals surface area contributed by atoms with Gasteiger partial charge in [-0.3, -0.25) is 4.79 Å². The van der Waals surface area contributed by atoms with Gasteiger partial charge in [0, 0.05) is 0 Å². The Balaban J connectivity index is 2.36. The quantitative estimate of drug-likeness (QED) is 0.197. The van der Waals surface area contributed by atoms with Crippen LogP contribution in [0.15, 0.2) is 59.5 Å². The molecule has 2 aromatic rings. The molecule has 0 aliphatic heterocycles. The van der Waals surface area contributed by atoms with Gasteiger partial charge >= 0.3 is 12.1 Å². The molecule has 0 aromatic heterocycles. The molecule has 0 amide bonds. The van der Waals surface area contributed by atoms with Gasteiger partial charge in [-0.2, -0.15) is 26.3 Å². The van der Waals surface area contributed by atoms with E-state index in [9.17, 15) is 34.8 Å². The van der Waals surface area contributed by atoms with Gasteiger partial charge < -0.3 is 9.22 Å². The second-order valence-electron chi connectivity index (χ2n) is 8.91. The third kappa shape index (κ3) is 9.17. The minimum absolute atomic E-state index is 0.111. The van der Waals surface area contributed by atoms with Gasteiger partial charge in [0.2, 0.25) is 16.3 Å².